The number of aliphatic carboxylic acids is 1. The number of pyridine rings is 1. The summed E-state index contributed by atoms with van der Waals surface area (Å²) in [5.41, 5.74) is 3.48. The molecule has 0 unspecified atom stereocenters. The van der Waals surface area contributed by atoms with E-state index in [9.17, 15) is 9.90 Å². The molecule has 0 amide bonds. The first-order valence-corrected chi connectivity index (χ1v) is 12.1. The summed E-state index contributed by atoms with van der Waals surface area (Å²) in [5, 5.41) is 15.0. The summed E-state index contributed by atoms with van der Waals surface area (Å²) < 4.78 is 19.1. The molecule has 0 spiro atoms. The van der Waals surface area contributed by atoms with Crippen LogP contribution < -0.4 is 14.2 Å². The maximum absolute atomic E-state index is 11.2. The number of hydrogen-bond donors (Lipinski definition) is 1. The van der Waals surface area contributed by atoms with E-state index in [-0.39, 0.29) is 6.42 Å². The molecule has 0 atom stereocenters. The summed E-state index contributed by atoms with van der Waals surface area (Å²) in [7, 11) is 1.55. The summed E-state index contributed by atoms with van der Waals surface area (Å²) in [5.74, 6) is 0.681. The van der Waals surface area contributed by atoms with Crippen LogP contribution in [0.4, 0.5) is 0 Å². The Morgan fingerprint density at radius 1 is 1.03 bits per heavy atom. The molecule has 1 N–H and O–H groups in total. The van der Waals surface area contributed by atoms with E-state index in [1.807, 2.05) is 41.1 Å². The van der Waals surface area contributed by atoms with E-state index in [0.717, 1.165) is 28.7 Å². The fraction of sp³-hybridized carbons (Fsp3) is 0.321. The minimum atomic E-state index is -0.918. The monoisotopic (exact) mass is 489 g/mol. The zero-order chi connectivity index (χ0) is 25.3. The average molecular weight is 490 g/mol. The molecule has 4 aromatic rings. The van der Waals surface area contributed by atoms with Crippen LogP contribution in [0.5, 0.6) is 17.4 Å². The number of hydrogen-bond acceptors (Lipinski definition) is 6. The predicted octanol–water partition coefficient (Wildman–Crippen LogP) is 4.92. The Morgan fingerprint density at radius 3 is 2.69 bits per heavy atom. The zero-order valence-corrected chi connectivity index (χ0v) is 20.6. The van der Waals surface area contributed by atoms with Gasteiger partial charge in [0.1, 0.15) is 0 Å². The molecule has 0 saturated carbocycles. The highest BCUT2D eigenvalue weighted by molar-refractivity contribution is 5.78. The minimum absolute atomic E-state index is 0.129. The molecule has 0 bridgehead atoms. The molecule has 0 fully saturated rings. The summed E-state index contributed by atoms with van der Waals surface area (Å²) in [4.78, 5) is 16.0. The molecule has 2 aromatic heterocycles. The largest absolute Gasteiger partial charge is 0.493 e. The maximum Gasteiger partial charge on any atom is 0.307 e. The highest BCUT2D eigenvalue weighted by Gasteiger charge is 2.15. The maximum atomic E-state index is 11.2. The molecule has 8 heteroatoms. The molecule has 0 aliphatic rings. The summed E-state index contributed by atoms with van der Waals surface area (Å²) in [6, 6.07) is 19.4. The van der Waals surface area contributed by atoms with Crippen molar-refractivity contribution >= 4 is 16.9 Å². The molecular weight excluding hydrogens is 458 g/mol. The van der Waals surface area contributed by atoms with Gasteiger partial charge in [0, 0.05) is 22.7 Å². The lowest BCUT2D eigenvalue weighted by atomic mass is 10.1. The first-order valence-electron chi connectivity index (χ1n) is 12.1. The molecule has 36 heavy (non-hydrogen) atoms. The smallest absolute Gasteiger partial charge is 0.307 e. The third-order valence-corrected chi connectivity index (χ3v) is 5.71. The van der Waals surface area contributed by atoms with Crippen molar-refractivity contribution in [1.29, 1.82) is 0 Å². The van der Waals surface area contributed by atoms with Gasteiger partial charge in [-0.15, -0.1) is 5.10 Å². The molecule has 0 radical (unpaired) electrons. The number of methoxy groups -OCH3 is 1. The van der Waals surface area contributed by atoms with E-state index in [2.05, 4.69) is 18.1 Å². The highest BCUT2D eigenvalue weighted by atomic mass is 16.5. The van der Waals surface area contributed by atoms with Gasteiger partial charge in [0.25, 0.3) is 0 Å². The Morgan fingerprint density at radius 2 is 1.89 bits per heavy atom. The van der Waals surface area contributed by atoms with Crippen molar-refractivity contribution in [2.24, 2.45) is 0 Å². The molecule has 2 heterocycles. The van der Waals surface area contributed by atoms with Crippen molar-refractivity contribution < 1.29 is 24.1 Å². The van der Waals surface area contributed by atoms with Crippen LogP contribution in [0.1, 0.15) is 36.7 Å². The van der Waals surface area contributed by atoms with Gasteiger partial charge in [-0.1, -0.05) is 43.3 Å². The van der Waals surface area contributed by atoms with E-state index in [0.29, 0.717) is 55.5 Å². The third kappa shape index (κ3) is 6.33. The molecular formula is C28H31N3O5. The average Bonchev–Trinajstić information content (AvgIpc) is 3.26. The minimum Gasteiger partial charge on any atom is -0.493 e. The lowest BCUT2D eigenvalue weighted by Crippen LogP contribution is -2.10. The first kappa shape index (κ1) is 25.0. The number of carboxylic acid groups (broad SMARTS) is 1. The van der Waals surface area contributed by atoms with Gasteiger partial charge in [0.2, 0.25) is 5.88 Å². The molecule has 0 aliphatic heterocycles. The Hall–Kier alpha value is -4.07. The van der Waals surface area contributed by atoms with Crippen LogP contribution >= 0.6 is 0 Å². The number of fused-ring (bicyclic) bond motifs is 1. The van der Waals surface area contributed by atoms with Crippen LogP contribution in [0.25, 0.3) is 10.9 Å². The van der Waals surface area contributed by atoms with Crippen LogP contribution in [0.2, 0.25) is 0 Å². The fourth-order valence-electron chi connectivity index (χ4n) is 4.01. The number of nitrogens with zero attached hydrogens (tertiary/aromatic N) is 3. The van der Waals surface area contributed by atoms with Crippen molar-refractivity contribution in [2.45, 2.75) is 39.2 Å². The number of benzene rings is 2. The summed E-state index contributed by atoms with van der Waals surface area (Å²) in [6.07, 6.45) is 2.18. The number of rotatable bonds is 13. The number of carboxylic acids is 1. The number of ether oxygens (including phenoxy) is 3. The van der Waals surface area contributed by atoms with Crippen LogP contribution in [-0.2, 0) is 24.2 Å². The van der Waals surface area contributed by atoms with Crippen molar-refractivity contribution in [3.05, 3.63) is 77.6 Å². The number of para-hydroxylation sites is 2. The van der Waals surface area contributed by atoms with Crippen LogP contribution in [0.15, 0.2) is 60.7 Å². The zero-order valence-electron chi connectivity index (χ0n) is 20.6. The van der Waals surface area contributed by atoms with Gasteiger partial charge < -0.3 is 19.3 Å². The summed E-state index contributed by atoms with van der Waals surface area (Å²) in [6.45, 7) is 3.60. The van der Waals surface area contributed by atoms with Gasteiger partial charge in [-0.05, 0) is 37.5 Å². The molecule has 188 valence electrons. The van der Waals surface area contributed by atoms with E-state index < -0.39 is 5.97 Å². The van der Waals surface area contributed by atoms with Crippen molar-refractivity contribution in [2.75, 3.05) is 20.3 Å². The molecule has 0 aliphatic carbocycles. The molecule has 4 rings (SSSR count). The molecule has 2 aromatic carbocycles. The lowest BCUT2D eigenvalue weighted by molar-refractivity contribution is -0.136. The summed E-state index contributed by atoms with van der Waals surface area (Å²) >= 11 is 0. The lowest BCUT2D eigenvalue weighted by Gasteiger charge is -2.14. The van der Waals surface area contributed by atoms with Crippen LogP contribution in [0, 0.1) is 0 Å². The van der Waals surface area contributed by atoms with E-state index in [1.54, 1.807) is 25.3 Å². The quantitative estimate of drug-likeness (QED) is 0.266. The Kier molecular flexibility index (Phi) is 8.39. The predicted molar refractivity (Wildman–Crippen MR) is 137 cm³/mol. The first-order chi connectivity index (χ1) is 17.6. The fourth-order valence-corrected chi connectivity index (χ4v) is 4.01. The number of aryl methyl sites for hydroxylation is 1. The molecule has 8 nitrogen and oxygen atoms in total. The number of carbonyl (C=O) groups is 1. The second-order valence-electron chi connectivity index (χ2n) is 8.45. The van der Waals surface area contributed by atoms with Gasteiger partial charge in [0.05, 0.1) is 44.5 Å². The number of aromatic nitrogens is 3. The van der Waals surface area contributed by atoms with Crippen molar-refractivity contribution in [1.82, 2.24) is 14.8 Å². The Bertz CT molecular complexity index is 1320. The van der Waals surface area contributed by atoms with E-state index in [1.165, 1.54) is 0 Å². The standard InChI is InChI=1S/C28H31N3O5/c1-3-15-35-26-18-23(31(30-26)19-22-14-13-20-8-4-5-11-24(20)29-22)10-7-16-36-28-21(17-27(32)33)9-6-12-25(28)34-2/h4-6,8-9,11-14,18H,3,7,10,15-17,19H2,1-2H3,(H,32,33). The Balaban J connectivity index is 1.46. The van der Waals surface area contributed by atoms with E-state index in [4.69, 9.17) is 19.2 Å². The van der Waals surface area contributed by atoms with Crippen LogP contribution in [-0.4, -0.2) is 46.2 Å². The second-order valence-corrected chi connectivity index (χ2v) is 8.45. The van der Waals surface area contributed by atoms with Gasteiger partial charge in [0.15, 0.2) is 11.5 Å². The highest BCUT2D eigenvalue weighted by Crippen LogP contribution is 2.31. The third-order valence-electron chi connectivity index (χ3n) is 5.71. The topological polar surface area (TPSA) is 95.7 Å². The van der Waals surface area contributed by atoms with Crippen molar-refractivity contribution in [3.8, 4) is 17.4 Å². The second kappa shape index (κ2) is 12.1. The van der Waals surface area contributed by atoms with Crippen LogP contribution in [0.3, 0.4) is 0 Å². The van der Waals surface area contributed by atoms with Gasteiger partial charge in [-0.2, -0.15) is 0 Å². The van der Waals surface area contributed by atoms with Gasteiger partial charge in [-0.25, -0.2) is 0 Å². The van der Waals surface area contributed by atoms with E-state index >= 15 is 0 Å². The Labute approximate surface area is 210 Å². The molecule has 0 saturated heterocycles. The van der Waals surface area contributed by atoms with Gasteiger partial charge >= 0.3 is 5.97 Å². The normalized spacial score (nSPS) is 10.9. The van der Waals surface area contributed by atoms with Crippen molar-refractivity contribution in [3.63, 3.8) is 0 Å². The van der Waals surface area contributed by atoms with Gasteiger partial charge in [-0.3, -0.25) is 14.5 Å². The SMILES string of the molecule is CCCOc1cc(CCCOc2c(CC(=O)O)cccc2OC)n(Cc2ccc3ccccc3n2)n1.